The normalized spacial score (nSPS) is 13.8. The number of hydroxylamine groups is 1. The molecule has 19 heavy (non-hydrogen) atoms. The summed E-state index contributed by atoms with van der Waals surface area (Å²) in [4.78, 5) is 10.3. The molecular weight excluding hydrogens is 269 g/mol. The number of carboxylic acids is 1. The van der Waals surface area contributed by atoms with Crippen molar-refractivity contribution in [2.45, 2.75) is 12.8 Å². The molecule has 1 aromatic carbocycles. The molecule has 0 saturated heterocycles. The van der Waals surface area contributed by atoms with Gasteiger partial charge in [0.25, 0.3) is 0 Å². The number of hydrogen-bond acceptors (Lipinski definition) is 5. The third-order valence-corrected chi connectivity index (χ3v) is 3.44. The Hall–Kier alpha value is -1.36. The number of nitrogens with zero attached hydrogens (tertiary/aromatic N) is 1. The summed E-state index contributed by atoms with van der Waals surface area (Å²) in [6.45, 7) is 1.44. The van der Waals surface area contributed by atoms with Crippen LogP contribution in [0.5, 0.6) is 0 Å². The Labute approximate surface area is 112 Å². The number of carboxylic acid groups (broad SMARTS) is 1. The Kier molecular flexibility index (Phi) is 6.02. The van der Waals surface area contributed by atoms with Crippen molar-refractivity contribution in [1.29, 1.82) is 0 Å². The SMILES string of the molecule is CN(OP(C)(=O)OCCCC(=O)O)c1ccccc1. The van der Waals surface area contributed by atoms with Crippen LogP contribution < -0.4 is 5.06 Å². The van der Waals surface area contributed by atoms with E-state index in [9.17, 15) is 9.36 Å². The van der Waals surface area contributed by atoms with Gasteiger partial charge in [-0.3, -0.25) is 9.36 Å². The van der Waals surface area contributed by atoms with Crippen LogP contribution in [-0.2, 0) is 18.5 Å². The van der Waals surface area contributed by atoms with E-state index < -0.39 is 13.6 Å². The van der Waals surface area contributed by atoms with E-state index in [-0.39, 0.29) is 13.0 Å². The first kappa shape index (κ1) is 15.7. The van der Waals surface area contributed by atoms with Gasteiger partial charge in [-0.1, -0.05) is 18.2 Å². The molecule has 0 aliphatic rings. The van der Waals surface area contributed by atoms with Crippen molar-refractivity contribution in [1.82, 2.24) is 0 Å². The highest BCUT2D eigenvalue weighted by Gasteiger charge is 2.20. The molecule has 106 valence electrons. The van der Waals surface area contributed by atoms with Gasteiger partial charge < -0.3 is 9.63 Å². The minimum absolute atomic E-state index is 0.0193. The Bertz CT molecular complexity index is 451. The predicted molar refractivity (Wildman–Crippen MR) is 72.3 cm³/mol. The van der Waals surface area contributed by atoms with Crippen molar-refractivity contribution in [2.24, 2.45) is 0 Å². The summed E-state index contributed by atoms with van der Waals surface area (Å²) in [7, 11) is -1.61. The van der Waals surface area contributed by atoms with Gasteiger partial charge in [0.05, 0.1) is 12.3 Å². The van der Waals surface area contributed by atoms with Crippen molar-refractivity contribution < 1.29 is 23.6 Å². The minimum atomic E-state index is -3.24. The third kappa shape index (κ3) is 6.38. The van der Waals surface area contributed by atoms with E-state index in [1.165, 1.54) is 11.7 Å². The topological polar surface area (TPSA) is 76.1 Å². The van der Waals surface area contributed by atoms with Crippen LogP contribution in [0.1, 0.15) is 12.8 Å². The van der Waals surface area contributed by atoms with E-state index >= 15 is 0 Å². The highest BCUT2D eigenvalue weighted by Crippen LogP contribution is 2.45. The van der Waals surface area contributed by atoms with E-state index in [1.807, 2.05) is 30.3 Å². The van der Waals surface area contributed by atoms with Crippen LogP contribution in [-0.4, -0.2) is 31.4 Å². The second-order valence-electron chi connectivity index (χ2n) is 4.02. The zero-order valence-corrected chi connectivity index (χ0v) is 11.9. The molecular formula is C12H18NO5P. The van der Waals surface area contributed by atoms with Crippen LogP contribution in [0.15, 0.2) is 30.3 Å². The first-order valence-electron chi connectivity index (χ1n) is 5.83. The smallest absolute Gasteiger partial charge is 0.348 e. The maximum atomic E-state index is 12.0. The molecule has 7 heteroatoms. The van der Waals surface area contributed by atoms with Crippen LogP contribution in [0.2, 0.25) is 0 Å². The highest BCUT2D eigenvalue weighted by molar-refractivity contribution is 7.53. The quantitative estimate of drug-likeness (QED) is 0.450. The Balaban J connectivity index is 2.41. The van der Waals surface area contributed by atoms with Gasteiger partial charge in [-0.2, -0.15) is 4.62 Å². The zero-order chi connectivity index (χ0) is 14.3. The van der Waals surface area contributed by atoms with Crippen LogP contribution >= 0.6 is 7.60 Å². The summed E-state index contributed by atoms with van der Waals surface area (Å²) in [6.07, 6.45) is 0.278. The van der Waals surface area contributed by atoms with Crippen molar-refractivity contribution in [3.8, 4) is 0 Å². The zero-order valence-electron chi connectivity index (χ0n) is 11.0. The molecule has 0 amide bonds. The molecule has 0 aliphatic heterocycles. The summed E-state index contributed by atoms with van der Waals surface area (Å²) in [5, 5.41) is 9.85. The minimum Gasteiger partial charge on any atom is -0.481 e. The molecule has 1 atom stereocenters. The molecule has 6 nitrogen and oxygen atoms in total. The van der Waals surface area contributed by atoms with Crippen LogP contribution in [0.25, 0.3) is 0 Å². The highest BCUT2D eigenvalue weighted by atomic mass is 31.2. The van der Waals surface area contributed by atoms with E-state index in [0.29, 0.717) is 6.42 Å². The monoisotopic (exact) mass is 287 g/mol. The second-order valence-corrected chi connectivity index (χ2v) is 5.98. The number of hydrogen-bond donors (Lipinski definition) is 1. The van der Waals surface area contributed by atoms with E-state index in [1.54, 1.807) is 7.05 Å². The number of anilines is 1. The molecule has 0 heterocycles. The van der Waals surface area contributed by atoms with Gasteiger partial charge in [-0.15, -0.1) is 0 Å². The van der Waals surface area contributed by atoms with E-state index in [4.69, 9.17) is 14.3 Å². The van der Waals surface area contributed by atoms with E-state index in [2.05, 4.69) is 0 Å². The lowest BCUT2D eigenvalue weighted by atomic mass is 10.3. The molecule has 1 unspecified atom stereocenters. The van der Waals surface area contributed by atoms with Gasteiger partial charge in [0.2, 0.25) is 0 Å². The lowest BCUT2D eigenvalue weighted by molar-refractivity contribution is -0.137. The Morgan fingerprint density at radius 2 is 2.00 bits per heavy atom. The molecule has 0 bridgehead atoms. The fourth-order valence-corrected chi connectivity index (χ4v) is 2.43. The molecule has 0 radical (unpaired) electrons. The molecule has 0 saturated carbocycles. The van der Waals surface area contributed by atoms with Gasteiger partial charge in [-0.25, -0.2) is 5.06 Å². The number of carbonyl (C=O) groups is 1. The summed E-state index contributed by atoms with van der Waals surface area (Å²) in [5.41, 5.74) is 0.749. The average Bonchev–Trinajstić information content (AvgIpc) is 2.35. The number of benzene rings is 1. The summed E-state index contributed by atoms with van der Waals surface area (Å²) >= 11 is 0. The maximum Gasteiger partial charge on any atom is 0.348 e. The molecule has 0 aliphatic carbocycles. The maximum absolute atomic E-state index is 12.0. The molecule has 1 aromatic rings. The van der Waals surface area contributed by atoms with Gasteiger partial charge in [-0.05, 0) is 18.6 Å². The first-order chi connectivity index (χ1) is 8.91. The van der Waals surface area contributed by atoms with Crippen molar-refractivity contribution in [3.05, 3.63) is 30.3 Å². The fraction of sp³-hybridized carbons (Fsp3) is 0.417. The standard InChI is InChI=1S/C12H18NO5P/c1-13(11-7-4-3-5-8-11)18-19(2,16)17-10-6-9-12(14)15/h3-5,7-8H,6,9-10H2,1-2H3,(H,14,15). The summed E-state index contributed by atoms with van der Waals surface area (Å²) < 4.78 is 22.4. The second kappa shape index (κ2) is 7.28. The van der Waals surface area contributed by atoms with E-state index in [0.717, 1.165) is 5.69 Å². The van der Waals surface area contributed by atoms with Gasteiger partial charge >= 0.3 is 13.6 Å². The number of aliphatic carboxylic acids is 1. The first-order valence-corrected chi connectivity index (χ1v) is 7.82. The van der Waals surface area contributed by atoms with Crippen molar-refractivity contribution in [2.75, 3.05) is 25.4 Å². The third-order valence-electron chi connectivity index (χ3n) is 2.25. The number of para-hydroxylation sites is 1. The average molecular weight is 287 g/mol. The van der Waals surface area contributed by atoms with Crippen LogP contribution in [0, 0.1) is 0 Å². The van der Waals surface area contributed by atoms with Crippen LogP contribution in [0.4, 0.5) is 5.69 Å². The number of rotatable bonds is 8. The van der Waals surface area contributed by atoms with Crippen molar-refractivity contribution >= 4 is 19.3 Å². The predicted octanol–water partition coefficient (Wildman–Crippen LogP) is 2.76. The summed E-state index contributed by atoms with van der Waals surface area (Å²) in [6, 6.07) is 9.16. The molecule has 0 spiro atoms. The lowest BCUT2D eigenvalue weighted by Gasteiger charge is -2.22. The Morgan fingerprint density at radius 1 is 1.37 bits per heavy atom. The largest absolute Gasteiger partial charge is 0.481 e. The van der Waals surface area contributed by atoms with Crippen molar-refractivity contribution in [3.63, 3.8) is 0 Å². The van der Waals surface area contributed by atoms with Gasteiger partial charge in [0.1, 0.15) is 0 Å². The fourth-order valence-electron chi connectivity index (χ4n) is 1.38. The molecule has 0 fully saturated rings. The van der Waals surface area contributed by atoms with Gasteiger partial charge in [0.15, 0.2) is 0 Å². The summed E-state index contributed by atoms with van der Waals surface area (Å²) in [5.74, 6) is -0.906. The Morgan fingerprint density at radius 3 is 2.58 bits per heavy atom. The molecule has 0 aromatic heterocycles. The molecule has 1 rings (SSSR count). The molecule has 1 N–H and O–H groups in total. The van der Waals surface area contributed by atoms with Crippen LogP contribution in [0.3, 0.4) is 0 Å². The lowest BCUT2D eigenvalue weighted by Crippen LogP contribution is -2.16. The van der Waals surface area contributed by atoms with Gasteiger partial charge in [0, 0.05) is 20.1 Å².